The molecule has 0 spiro atoms. The van der Waals surface area contributed by atoms with Gasteiger partial charge in [0.15, 0.2) is 5.65 Å². The minimum absolute atomic E-state index is 0.0721. The van der Waals surface area contributed by atoms with Crippen molar-refractivity contribution in [1.29, 1.82) is 0 Å². The van der Waals surface area contributed by atoms with Gasteiger partial charge in [0.1, 0.15) is 0 Å². The summed E-state index contributed by atoms with van der Waals surface area (Å²) in [5.41, 5.74) is 4.72. The van der Waals surface area contributed by atoms with E-state index in [-0.39, 0.29) is 5.66 Å². The van der Waals surface area contributed by atoms with Crippen LogP contribution in [0.1, 0.15) is 37.7 Å². The van der Waals surface area contributed by atoms with Crippen LogP contribution in [0.25, 0.3) is 33.5 Å². The molecule has 36 heavy (non-hydrogen) atoms. The van der Waals surface area contributed by atoms with Gasteiger partial charge in [0, 0.05) is 35.2 Å². The zero-order valence-corrected chi connectivity index (χ0v) is 21.0. The topological polar surface area (TPSA) is 95.7 Å². The Balaban J connectivity index is 1.34. The Hall–Kier alpha value is -3.48. The lowest BCUT2D eigenvalue weighted by molar-refractivity contribution is 0.373. The predicted molar refractivity (Wildman–Crippen MR) is 141 cm³/mol. The van der Waals surface area contributed by atoms with Crippen LogP contribution in [0, 0.1) is 0 Å². The molecule has 5 aromatic rings. The Morgan fingerprint density at radius 2 is 1.92 bits per heavy atom. The minimum Gasteiger partial charge on any atom is -0.328 e. The van der Waals surface area contributed by atoms with Gasteiger partial charge in [-0.25, -0.2) is 14.6 Å². The number of hydrogen-bond acceptors (Lipinski definition) is 7. The Morgan fingerprint density at radius 1 is 1.03 bits per heavy atom. The highest BCUT2D eigenvalue weighted by Gasteiger charge is 2.36. The quantitative estimate of drug-likeness (QED) is 0.291. The van der Waals surface area contributed by atoms with Gasteiger partial charge in [-0.2, -0.15) is 0 Å². The predicted octanol–water partition coefficient (Wildman–Crippen LogP) is 5.37. The van der Waals surface area contributed by atoms with E-state index in [1.54, 1.807) is 24.2 Å². The minimum atomic E-state index is -2.97. The Kier molecular flexibility index (Phi) is 6.07. The summed E-state index contributed by atoms with van der Waals surface area (Å²) < 4.78 is 21.4. The fourth-order valence-corrected chi connectivity index (χ4v) is 7.73. The number of rotatable bonds is 6. The maximum Gasteiger partial charge on any atom is 0.234 e. The Morgan fingerprint density at radius 3 is 2.78 bits per heavy atom. The molecule has 2 aromatic carbocycles. The first-order chi connectivity index (χ1) is 17.6. The third-order valence-electron chi connectivity index (χ3n) is 7.06. The Bertz CT molecular complexity index is 1590. The van der Waals surface area contributed by atoms with Crippen molar-refractivity contribution in [2.45, 2.75) is 44.3 Å². The molecular weight excluding hydrogens is 471 g/mol. The molecule has 0 aliphatic heterocycles. The first-order valence-electron chi connectivity index (χ1n) is 12.3. The van der Waals surface area contributed by atoms with Gasteiger partial charge < -0.3 is 4.52 Å². The number of nitrogens with zero attached hydrogens (tertiary/aromatic N) is 6. The smallest absolute Gasteiger partial charge is 0.234 e. The van der Waals surface area contributed by atoms with E-state index in [2.05, 4.69) is 26.3 Å². The summed E-state index contributed by atoms with van der Waals surface area (Å²) in [5, 5.41) is 10.3. The molecule has 1 saturated carbocycles. The zero-order valence-electron chi connectivity index (χ0n) is 20.1. The normalized spacial score (nSPS) is 16.4. The van der Waals surface area contributed by atoms with Crippen molar-refractivity contribution in [2.24, 2.45) is 0 Å². The maximum absolute atomic E-state index is 14.0. The lowest BCUT2D eigenvalue weighted by Gasteiger charge is -2.29. The monoisotopic (exact) mass is 498 g/mol. The van der Waals surface area contributed by atoms with Gasteiger partial charge in [-0.1, -0.05) is 48.7 Å². The van der Waals surface area contributed by atoms with Gasteiger partial charge in [-0.05, 0) is 48.7 Å². The third-order valence-corrected chi connectivity index (χ3v) is 10.1. The van der Waals surface area contributed by atoms with E-state index in [4.69, 9.17) is 9.51 Å². The standard InChI is InChI=1S/C27H27N6O2P/c1-35-36(34,22-9-3-2-4-10-22)23-11-5-7-21(16-23)25-17-29-26-27(30-25)33(32-31-26)18-19-12-13-24-20(15-19)8-6-14-28-24/h5-8,11-17,22H,2-4,9-10,18H2,1H3. The molecule has 182 valence electrons. The van der Waals surface area contributed by atoms with Crippen LogP contribution in [-0.2, 0) is 15.6 Å². The van der Waals surface area contributed by atoms with Crippen molar-refractivity contribution >= 4 is 34.9 Å². The van der Waals surface area contributed by atoms with Crippen molar-refractivity contribution in [3.05, 3.63) is 72.6 Å². The van der Waals surface area contributed by atoms with Crippen LogP contribution < -0.4 is 5.30 Å². The van der Waals surface area contributed by atoms with E-state index in [0.717, 1.165) is 53.0 Å². The Labute approximate surface area is 209 Å². The van der Waals surface area contributed by atoms with Crippen molar-refractivity contribution < 1.29 is 9.09 Å². The maximum atomic E-state index is 14.0. The highest BCUT2D eigenvalue weighted by atomic mass is 31.2. The molecule has 1 aliphatic carbocycles. The molecule has 3 aromatic heterocycles. The first-order valence-corrected chi connectivity index (χ1v) is 14.0. The van der Waals surface area contributed by atoms with Gasteiger partial charge in [0.25, 0.3) is 0 Å². The van der Waals surface area contributed by atoms with Crippen molar-refractivity contribution in [2.75, 3.05) is 7.11 Å². The highest BCUT2D eigenvalue weighted by Crippen LogP contribution is 2.55. The molecule has 0 radical (unpaired) electrons. The molecule has 1 aliphatic rings. The van der Waals surface area contributed by atoms with Gasteiger partial charge >= 0.3 is 0 Å². The third kappa shape index (κ3) is 4.21. The molecule has 8 nitrogen and oxygen atoms in total. The lowest BCUT2D eigenvalue weighted by Crippen LogP contribution is -2.21. The molecule has 3 heterocycles. The molecule has 0 amide bonds. The summed E-state index contributed by atoms with van der Waals surface area (Å²) in [5.74, 6) is 0. The average Bonchev–Trinajstić information content (AvgIpc) is 3.35. The van der Waals surface area contributed by atoms with E-state index in [0.29, 0.717) is 23.5 Å². The second-order valence-corrected chi connectivity index (χ2v) is 12.1. The second-order valence-electron chi connectivity index (χ2n) is 9.30. The number of pyridine rings is 1. The van der Waals surface area contributed by atoms with Gasteiger partial charge in [0.2, 0.25) is 13.0 Å². The van der Waals surface area contributed by atoms with Crippen LogP contribution in [0.5, 0.6) is 0 Å². The molecule has 1 unspecified atom stereocenters. The molecule has 0 N–H and O–H groups in total. The van der Waals surface area contributed by atoms with E-state index < -0.39 is 7.37 Å². The molecule has 0 saturated heterocycles. The average molecular weight is 499 g/mol. The molecule has 0 bridgehead atoms. The molecule has 1 atom stereocenters. The summed E-state index contributed by atoms with van der Waals surface area (Å²) >= 11 is 0. The fraction of sp³-hybridized carbons (Fsp3) is 0.296. The van der Waals surface area contributed by atoms with E-state index >= 15 is 0 Å². The second kappa shape index (κ2) is 9.52. The van der Waals surface area contributed by atoms with Crippen LogP contribution in [0.4, 0.5) is 0 Å². The van der Waals surface area contributed by atoms with E-state index in [1.165, 1.54) is 6.42 Å². The fourth-order valence-electron chi connectivity index (χ4n) is 5.14. The summed E-state index contributed by atoms with van der Waals surface area (Å²) in [7, 11) is -1.40. The van der Waals surface area contributed by atoms with Crippen molar-refractivity contribution in [1.82, 2.24) is 29.9 Å². The van der Waals surface area contributed by atoms with Gasteiger partial charge in [-0.15, -0.1) is 5.10 Å². The van der Waals surface area contributed by atoms with Crippen molar-refractivity contribution in [3.63, 3.8) is 0 Å². The number of hydrogen-bond donors (Lipinski definition) is 0. The van der Waals surface area contributed by atoms with Crippen LogP contribution in [0.15, 0.2) is 67.0 Å². The van der Waals surface area contributed by atoms with Gasteiger partial charge in [0.05, 0.1) is 24.0 Å². The summed E-state index contributed by atoms with van der Waals surface area (Å²) in [6.45, 7) is 0.514. The zero-order chi connectivity index (χ0) is 24.5. The number of benzene rings is 2. The molecule has 1 fully saturated rings. The molecular formula is C27H27N6O2P. The molecule has 6 rings (SSSR count). The van der Waals surface area contributed by atoms with Crippen LogP contribution >= 0.6 is 7.37 Å². The van der Waals surface area contributed by atoms with Crippen LogP contribution in [0.3, 0.4) is 0 Å². The van der Waals surface area contributed by atoms with Gasteiger partial charge in [-0.3, -0.25) is 9.55 Å². The first kappa shape index (κ1) is 23.0. The largest absolute Gasteiger partial charge is 0.328 e. The molecule has 9 heteroatoms. The summed E-state index contributed by atoms with van der Waals surface area (Å²) in [6.07, 6.45) is 8.77. The number of fused-ring (bicyclic) bond motifs is 2. The number of aromatic nitrogens is 6. The highest BCUT2D eigenvalue weighted by molar-refractivity contribution is 7.67. The summed E-state index contributed by atoms with van der Waals surface area (Å²) in [4.78, 5) is 13.8. The van der Waals surface area contributed by atoms with Crippen LogP contribution in [-0.4, -0.2) is 42.7 Å². The lowest BCUT2D eigenvalue weighted by atomic mass is 10.0. The summed E-state index contributed by atoms with van der Waals surface area (Å²) in [6, 6.07) is 17.9. The van der Waals surface area contributed by atoms with E-state index in [9.17, 15) is 4.57 Å². The SMILES string of the molecule is COP(=O)(c1cccc(-c2cnc3nnn(Cc4ccc5ncccc5c4)c3n2)c1)C1CCCCC1. The van der Waals surface area contributed by atoms with Crippen LogP contribution in [0.2, 0.25) is 0 Å². The van der Waals surface area contributed by atoms with E-state index in [1.807, 2.05) is 48.5 Å². The van der Waals surface area contributed by atoms with Crippen molar-refractivity contribution in [3.8, 4) is 11.3 Å².